The summed E-state index contributed by atoms with van der Waals surface area (Å²) < 4.78 is 17.2. The van der Waals surface area contributed by atoms with E-state index in [-0.39, 0.29) is 53.0 Å². The number of esters is 3. The lowest BCUT2D eigenvalue weighted by molar-refractivity contribution is -0.167. The molecule has 4 aliphatic carbocycles. The average molecular weight is 433 g/mol. The van der Waals surface area contributed by atoms with E-state index < -0.39 is 0 Å². The van der Waals surface area contributed by atoms with Gasteiger partial charge in [0.15, 0.2) is 0 Å². The summed E-state index contributed by atoms with van der Waals surface area (Å²) in [7, 11) is 0. The van der Waals surface area contributed by atoms with Crippen LogP contribution in [0.25, 0.3) is 0 Å². The van der Waals surface area contributed by atoms with E-state index in [1.54, 1.807) is 0 Å². The van der Waals surface area contributed by atoms with Crippen LogP contribution in [0.5, 0.6) is 0 Å². The van der Waals surface area contributed by atoms with E-state index in [0.717, 1.165) is 44.9 Å². The van der Waals surface area contributed by atoms with Crippen molar-refractivity contribution in [3.05, 3.63) is 11.6 Å². The maximum Gasteiger partial charge on any atom is 0.303 e. The van der Waals surface area contributed by atoms with Crippen LogP contribution in [-0.2, 0) is 28.6 Å². The molecule has 0 aliphatic heterocycles. The second-order valence-corrected chi connectivity index (χ2v) is 10.7. The maximum atomic E-state index is 12.0. The van der Waals surface area contributed by atoms with Gasteiger partial charge in [-0.25, -0.2) is 0 Å². The van der Waals surface area contributed by atoms with Gasteiger partial charge in [-0.05, 0) is 61.9 Å². The molecule has 3 fully saturated rings. The summed E-state index contributed by atoms with van der Waals surface area (Å²) in [6, 6.07) is 0. The standard InChI is InChI=1S/C25H36O6/c1-14(26)29-18-8-10-24(4)17(12-18)13-21(30-15(2)27)23-19-6-7-22(31-16(3)28)25(19,5)11-9-20(23)24/h13,18-23H,6-12H2,1-5H3/t18-,19?,20?,21?,22-,23?,24-,25-/m0/s1. The molecule has 0 bridgehead atoms. The summed E-state index contributed by atoms with van der Waals surface area (Å²) in [5.41, 5.74) is 1.22. The van der Waals surface area contributed by atoms with Crippen molar-refractivity contribution in [3.63, 3.8) is 0 Å². The van der Waals surface area contributed by atoms with Crippen LogP contribution in [0.4, 0.5) is 0 Å². The zero-order valence-corrected chi connectivity index (χ0v) is 19.4. The minimum Gasteiger partial charge on any atom is -0.462 e. The molecule has 0 amide bonds. The molecule has 0 N–H and O–H groups in total. The maximum absolute atomic E-state index is 12.0. The van der Waals surface area contributed by atoms with E-state index in [9.17, 15) is 14.4 Å². The Hall–Kier alpha value is -1.85. The van der Waals surface area contributed by atoms with Crippen LogP contribution in [0.2, 0.25) is 0 Å². The van der Waals surface area contributed by atoms with Gasteiger partial charge in [0.25, 0.3) is 0 Å². The lowest BCUT2D eigenvalue weighted by Gasteiger charge is -2.59. The smallest absolute Gasteiger partial charge is 0.303 e. The average Bonchev–Trinajstić information content (AvgIpc) is 2.98. The third kappa shape index (κ3) is 3.80. The van der Waals surface area contributed by atoms with Gasteiger partial charge in [-0.15, -0.1) is 0 Å². The van der Waals surface area contributed by atoms with Gasteiger partial charge in [0, 0.05) is 38.5 Å². The molecule has 0 aromatic rings. The molecule has 4 unspecified atom stereocenters. The molecule has 0 radical (unpaired) electrons. The molecular weight excluding hydrogens is 396 g/mol. The zero-order valence-electron chi connectivity index (χ0n) is 19.4. The molecule has 6 nitrogen and oxygen atoms in total. The minimum atomic E-state index is -0.276. The Balaban J connectivity index is 1.68. The number of ether oxygens (including phenoxy) is 3. The summed E-state index contributed by atoms with van der Waals surface area (Å²) in [6.45, 7) is 9.04. The molecular formula is C25H36O6. The molecule has 3 saturated carbocycles. The SMILES string of the molecule is CC(=O)OC1C=C2C[C@@H](OC(C)=O)CC[C@]2(C)C2CC[C@@]3(C)C(CC[C@@H]3OC(C)=O)C12. The number of rotatable bonds is 3. The van der Waals surface area contributed by atoms with Gasteiger partial charge in [-0.1, -0.05) is 19.4 Å². The Morgan fingerprint density at radius 3 is 2.16 bits per heavy atom. The molecule has 172 valence electrons. The van der Waals surface area contributed by atoms with Crippen LogP contribution in [0.15, 0.2) is 11.6 Å². The second-order valence-electron chi connectivity index (χ2n) is 10.7. The highest BCUT2D eigenvalue weighted by molar-refractivity contribution is 5.67. The fourth-order valence-electron chi connectivity index (χ4n) is 7.57. The van der Waals surface area contributed by atoms with Crippen molar-refractivity contribution in [1.82, 2.24) is 0 Å². The molecule has 4 rings (SSSR count). The highest BCUT2D eigenvalue weighted by atomic mass is 16.6. The predicted octanol–water partition coefficient (Wildman–Crippen LogP) is 4.35. The van der Waals surface area contributed by atoms with E-state index >= 15 is 0 Å². The molecule has 6 heteroatoms. The zero-order chi connectivity index (χ0) is 22.6. The van der Waals surface area contributed by atoms with Gasteiger partial charge in [-0.2, -0.15) is 0 Å². The Morgan fingerprint density at radius 2 is 1.52 bits per heavy atom. The number of carbonyl (C=O) groups excluding carboxylic acids is 3. The Kier molecular flexibility index (Phi) is 5.72. The van der Waals surface area contributed by atoms with Crippen molar-refractivity contribution in [3.8, 4) is 0 Å². The first-order chi connectivity index (χ1) is 14.5. The Labute approximate surface area is 185 Å². The molecule has 0 spiro atoms. The number of fused-ring (bicyclic) bond motifs is 5. The normalized spacial score (nSPS) is 43.6. The summed E-state index contributed by atoms with van der Waals surface area (Å²) in [5, 5.41) is 0. The van der Waals surface area contributed by atoms with Gasteiger partial charge in [-0.3, -0.25) is 14.4 Å². The van der Waals surface area contributed by atoms with E-state index in [1.807, 2.05) is 0 Å². The van der Waals surface area contributed by atoms with Crippen molar-refractivity contribution >= 4 is 17.9 Å². The van der Waals surface area contributed by atoms with E-state index in [4.69, 9.17) is 14.2 Å². The largest absolute Gasteiger partial charge is 0.462 e. The van der Waals surface area contributed by atoms with Gasteiger partial charge in [0.1, 0.15) is 18.3 Å². The fraction of sp³-hybridized carbons (Fsp3) is 0.800. The molecule has 4 aliphatic rings. The first-order valence-corrected chi connectivity index (χ1v) is 11.8. The Morgan fingerprint density at radius 1 is 0.839 bits per heavy atom. The Bertz CT molecular complexity index is 802. The van der Waals surface area contributed by atoms with E-state index in [0.29, 0.717) is 11.8 Å². The monoisotopic (exact) mass is 432 g/mol. The molecule has 0 aromatic carbocycles. The molecule has 8 atom stereocenters. The number of hydrogen-bond donors (Lipinski definition) is 0. The van der Waals surface area contributed by atoms with Crippen LogP contribution < -0.4 is 0 Å². The van der Waals surface area contributed by atoms with Gasteiger partial charge >= 0.3 is 17.9 Å². The van der Waals surface area contributed by atoms with Crippen LogP contribution in [0.3, 0.4) is 0 Å². The molecule has 0 saturated heterocycles. The van der Waals surface area contributed by atoms with Crippen molar-refractivity contribution < 1.29 is 28.6 Å². The second kappa shape index (κ2) is 7.93. The quantitative estimate of drug-likeness (QED) is 0.375. The molecule has 31 heavy (non-hydrogen) atoms. The third-order valence-corrected chi connectivity index (χ3v) is 8.92. The summed E-state index contributed by atoms with van der Waals surface area (Å²) in [5.74, 6) is 0.257. The topological polar surface area (TPSA) is 78.9 Å². The predicted molar refractivity (Wildman–Crippen MR) is 114 cm³/mol. The van der Waals surface area contributed by atoms with Gasteiger partial charge in [0.2, 0.25) is 0 Å². The highest BCUT2D eigenvalue weighted by Crippen LogP contribution is 2.65. The van der Waals surface area contributed by atoms with Crippen LogP contribution in [0, 0.1) is 28.6 Å². The van der Waals surface area contributed by atoms with Crippen molar-refractivity contribution in [2.75, 3.05) is 0 Å². The fourth-order valence-corrected chi connectivity index (χ4v) is 7.57. The van der Waals surface area contributed by atoms with Crippen molar-refractivity contribution in [1.29, 1.82) is 0 Å². The first kappa shape index (κ1) is 22.3. The van der Waals surface area contributed by atoms with Crippen LogP contribution in [0.1, 0.15) is 79.6 Å². The minimum absolute atomic E-state index is 0.0266. The molecule has 0 heterocycles. The number of hydrogen-bond acceptors (Lipinski definition) is 6. The summed E-state index contributed by atoms with van der Waals surface area (Å²) in [4.78, 5) is 35.3. The van der Waals surface area contributed by atoms with Crippen LogP contribution >= 0.6 is 0 Å². The van der Waals surface area contributed by atoms with Gasteiger partial charge in [0.05, 0.1) is 0 Å². The lowest BCUT2D eigenvalue weighted by atomic mass is 9.47. The highest BCUT2D eigenvalue weighted by Gasteiger charge is 2.62. The summed E-state index contributed by atoms with van der Waals surface area (Å²) >= 11 is 0. The van der Waals surface area contributed by atoms with Crippen LogP contribution in [-0.4, -0.2) is 36.2 Å². The number of carbonyl (C=O) groups is 3. The molecule has 0 aromatic heterocycles. The van der Waals surface area contributed by atoms with E-state index in [2.05, 4.69) is 19.9 Å². The van der Waals surface area contributed by atoms with Gasteiger partial charge < -0.3 is 14.2 Å². The van der Waals surface area contributed by atoms with E-state index in [1.165, 1.54) is 26.3 Å². The lowest BCUT2D eigenvalue weighted by Crippen LogP contribution is -2.56. The third-order valence-electron chi connectivity index (χ3n) is 8.92. The van der Waals surface area contributed by atoms with Crippen molar-refractivity contribution in [2.24, 2.45) is 28.6 Å². The first-order valence-electron chi connectivity index (χ1n) is 11.8. The summed E-state index contributed by atoms with van der Waals surface area (Å²) in [6.07, 6.45) is 8.20. The van der Waals surface area contributed by atoms with Crippen molar-refractivity contribution in [2.45, 2.75) is 97.9 Å².